The quantitative estimate of drug-likeness (QED) is 0.848. The molecule has 0 saturated carbocycles. The van der Waals surface area contributed by atoms with Gasteiger partial charge in [-0.25, -0.2) is 4.98 Å². The average molecular weight is 244 g/mol. The molecule has 1 N–H and O–H groups in total. The van der Waals surface area contributed by atoms with E-state index in [9.17, 15) is 0 Å². The van der Waals surface area contributed by atoms with Gasteiger partial charge in [-0.2, -0.15) is 0 Å². The van der Waals surface area contributed by atoms with E-state index in [1.165, 1.54) is 5.56 Å². The molecular formula is C15H20N2O. The number of hydrogen-bond donors (Lipinski definition) is 1. The maximum absolute atomic E-state index is 5.70. The second-order valence-electron chi connectivity index (χ2n) is 4.51. The summed E-state index contributed by atoms with van der Waals surface area (Å²) in [5.41, 5.74) is 1.38. The van der Waals surface area contributed by atoms with E-state index in [0.717, 1.165) is 30.9 Å². The van der Waals surface area contributed by atoms with Gasteiger partial charge in [0.2, 0.25) is 5.89 Å². The standard InChI is InChI=1S/C15H20N2O/c1-12(16-2)15-17-11-14(18-15)10-6-9-13-7-4-3-5-8-13/h3-5,7-8,11-12,16H,6,9-10H2,1-2H3. The monoisotopic (exact) mass is 244 g/mol. The zero-order valence-electron chi connectivity index (χ0n) is 11.0. The average Bonchev–Trinajstić information content (AvgIpc) is 2.88. The first-order valence-electron chi connectivity index (χ1n) is 6.45. The third-order valence-corrected chi connectivity index (χ3v) is 3.11. The lowest BCUT2D eigenvalue weighted by molar-refractivity contribution is 0.405. The third-order valence-electron chi connectivity index (χ3n) is 3.11. The van der Waals surface area contributed by atoms with Crippen molar-refractivity contribution in [2.75, 3.05) is 7.05 Å². The lowest BCUT2D eigenvalue weighted by atomic mass is 10.1. The summed E-state index contributed by atoms with van der Waals surface area (Å²) in [5.74, 6) is 1.75. The summed E-state index contributed by atoms with van der Waals surface area (Å²) >= 11 is 0. The number of nitrogens with zero attached hydrogens (tertiary/aromatic N) is 1. The van der Waals surface area contributed by atoms with Gasteiger partial charge in [0, 0.05) is 6.42 Å². The Bertz CT molecular complexity index is 464. The Balaban J connectivity index is 1.82. The number of hydrogen-bond acceptors (Lipinski definition) is 3. The number of nitrogens with one attached hydrogen (secondary N) is 1. The Labute approximate surface area is 108 Å². The molecule has 2 aromatic rings. The van der Waals surface area contributed by atoms with Crippen LogP contribution >= 0.6 is 0 Å². The van der Waals surface area contributed by atoms with E-state index in [1.54, 1.807) is 0 Å². The molecule has 0 saturated heterocycles. The molecule has 3 heteroatoms. The van der Waals surface area contributed by atoms with Crippen LogP contribution in [0.15, 0.2) is 40.9 Å². The van der Waals surface area contributed by atoms with Gasteiger partial charge in [0.25, 0.3) is 0 Å². The van der Waals surface area contributed by atoms with Gasteiger partial charge in [-0.05, 0) is 32.4 Å². The molecule has 96 valence electrons. The maximum atomic E-state index is 5.70. The van der Waals surface area contributed by atoms with E-state index in [1.807, 2.05) is 26.2 Å². The van der Waals surface area contributed by atoms with Gasteiger partial charge in [-0.3, -0.25) is 0 Å². The van der Waals surface area contributed by atoms with Crippen LogP contribution in [-0.4, -0.2) is 12.0 Å². The van der Waals surface area contributed by atoms with Crippen molar-refractivity contribution in [1.29, 1.82) is 0 Å². The van der Waals surface area contributed by atoms with Crippen molar-refractivity contribution in [2.24, 2.45) is 0 Å². The molecule has 0 bridgehead atoms. The normalized spacial score (nSPS) is 12.6. The summed E-state index contributed by atoms with van der Waals surface area (Å²) < 4.78 is 5.70. The first-order valence-corrected chi connectivity index (χ1v) is 6.45. The van der Waals surface area contributed by atoms with E-state index in [4.69, 9.17) is 4.42 Å². The van der Waals surface area contributed by atoms with Crippen LogP contribution in [0.2, 0.25) is 0 Å². The van der Waals surface area contributed by atoms with Crippen LogP contribution < -0.4 is 5.32 Å². The molecule has 1 atom stereocenters. The van der Waals surface area contributed by atoms with Crippen LogP contribution in [0.3, 0.4) is 0 Å². The van der Waals surface area contributed by atoms with Crippen molar-refractivity contribution in [2.45, 2.75) is 32.2 Å². The van der Waals surface area contributed by atoms with E-state index in [-0.39, 0.29) is 6.04 Å². The zero-order valence-corrected chi connectivity index (χ0v) is 11.0. The topological polar surface area (TPSA) is 38.1 Å². The van der Waals surface area contributed by atoms with Gasteiger partial charge < -0.3 is 9.73 Å². The molecule has 1 unspecified atom stereocenters. The largest absolute Gasteiger partial charge is 0.444 e. The molecule has 0 amide bonds. The number of aromatic nitrogens is 1. The second-order valence-corrected chi connectivity index (χ2v) is 4.51. The first-order chi connectivity index (χ1) is 8.79. The molecule has 18 heavy (non-hydrogen) atoms. The van der Waals surface area contributed by atoms with E-state index >= 15 is 0 Å². The lowest BCUT2D eigenvalue weighted by Gasteiger charge is -2.03. The van der Waals surface area contributed by atoms with Crippen molar-refractivity contribution < 1.29 is 4.42 Å². The second kappa shape index (κ2) is 6.36. The fourth-order valence-corrected chi connectivity index (χ4v) is 1.87. The van der Waals surface area contributed by atoms with Gasteiger partial charge in [0.15, 0.2) is 0 Å². The van der Waals surface area contributed by atoms with Gasteiger partial charge in [0.1, 0.15) is 5.76 Å². The summed E-state index contributed by atoms with van der Waals surface area (Å²) in [4.78, 5) is 4.28. The molecule has 0 spiro atoms. The molecule has 0 aliphatic rings. The van der Waals surface area contributed by atoms with Crippen molar-refractivity contribution in [1.82, 2.24) is 10.3 Å². The Morgan fingerprint density at radius 3 is 2.72 bits per heavy atom. The summed E-state index contributed by atoms with van der Waals surface area (Å²) in [6, 6.07) is 10.7. The molecule has 0 aliphatic carbocycles. The van der Waals surface area contributed by atoms with Gasteiger partial charge in [0.05, 0.1) is 12.2 Å². The summed E-state index contributed by atoms with van der Waals surface area (Å²) in [6.07, 6.45) is 4.96. The Hall–Kier alpha value is -1.61. The highest BCUT2D eigenvalue weighted by Gasteiger charge is 2.09. The van der Waals surface area contributed by atoms with E-state index in [0.29, 0.717) is 0 Å². The zero-order chi connectivity index (χ0) is 12.8. The van der Waals surface area contributed by atoms with Crippen molar-refractivity contribution in [3.05, 3.63) is 53.7 Å². The van der Waals surface area contributed by atoms with Crippen LogP contribution in [0.4, 0.5) is 0 Å². The molecule has 3 nitrogen and oxygen atoms in total. The van der Waals surface area contributed by atoms with Crippen molar-refractivity contribution in [3.63, 3.8) is 0 Å². The van der Waals surface area contributed by atoms with Crippen molar-refractivity contribution in [3.8, 4) is 0 Å². The van der Waals surface area contributed by atoms with Crippen molar-refractivity contribution >= 4 is 0 Å². The Morgan fingerprint density at radius 2 is 2.00 bits per heavy atom. The highest BCUT2D eigenvalue weighted by Crippen LogP contribution is 2.14. The summed E-state index contributed by atoms with van der Waals surface area (Å²) in [5, 5.41) is 3.12. The highest BCUT2D eigenvalue weighted by molar-refractivity contribution is 5.14. The number of aryl methyl sites for hydroxylation is 2. The molecule has 1 heterocycles. The van der Waals surface area contributed by atoms with Crippen LogP contribution in [-0.2, 0) is 12.8 Å². The number of oxazole rings is 1. The molecule has 2 rings (SSSR count). The van der Waals surface area contributed by atoms with Crippen LogP contribution in [0.5, 0.6) is 0 Å². The maximum Gasteiger partial charge on any atom is 0.211 e. The van der Waals surface area contributed by atoms with E-state index in [2.05, 4.69) is 34.6 Å². The number of rotatable bonds is 6. The predicted molar refractivity (Wildman–Crippen MR) is 72.4 cm³/mol. The fourth-order valence-electron chi connectivity index (χ4n) is 1.87. The molecular weight excluding hydrogens is 224 g/mol. The van der Waals surface area contributed by atoms with Gasteiger partial charge in [-0.1, -0.05) is 30.3 Å². The minimum atomic E-state index is 0.174. The van der Waals surface area contributed by atoms with Crippen LogP contribution in [0, 0.1) is 0 Å². The van der Waals surface area contributed by atoms with E-state index < -0.39 is 0 Å². The highest BCUT2D eigenvalue weighted by atomic mass is 16.4. The number of benzene rings is 1. The SMILES string of the molecule is CNC(C)c1ncc(CCCc2ccccc2)o1. The molecule has 1 aromatic carbocycles. The van der Waals surface area contributed by atoms with Crippen LogP contribution in [0.25, 0.3) is 0 Å². The predicted octanol–water partition coefficient (Wildman–Crippen LogP) is 3.13. The smallest absolute Gasteiger partial charge is 0.211 e. The lowest BCUT2D eigenvalue weighted by Crippen LogP contribution is -2.12. The van der Waals surface area contributed by atoms with Gasteiger partial charge in [-0.15, -0.1) is 0 Å². The Morgan fingerprint density at radius 1 is 1.22 bits per heavy atom. The minimum absolute atomic E-state index is 0.174. The summed E-state index contributed by atoms with van der Waals surface area (Å²) in [6.45, 7) is 2.04. The van der Waals surface area contributed by atoms with Gasteiger partial charge >= 0.3 is 0 Å². The minimum Gasteiger partial charge on any atom is -0.444 e. The Kier molecular flexibility index (Phi) is 4.53. The van der Waals surface area contributed by atoms with Crippen LogP contribution in [0.1, 0.15) is 36.6 Å². The molecule has 1 aromatic heterocycles. The molecule has 0 radical (unpaired) electrons. The fraction of sp³-hybridized carbons (Fsp3) is 0.400. The summed E-state index contributed by atoms with van der Waals surface area (Å²) in [7, 11) is 1.91. The molecule has 0 aliphatic heterocycles. The first kappa shape index (κ1) is 12.8. The third kappa shape index (κ3) is 3.44. The molecule has 0 fully saturated rings.